The van der Waals surface area contributed by atoms with Gasteiger partial charge >= 0.3 is 0 Å². The van der Waals surface area contributed by atoms with Gasteiger partial charge in [-0.15, -0.1) is 5.10 Å². The number of aromatic nitrogens is 3. The summed E-state index contributed by atoms with van der Waals surface area (Å²) in [5.74, 6) is 0.970. The van der Waals surface area contributed by atoms with Gasteiger partial charge in [0.2, 0.25) is 0 Å². The summed E-state index contributed by atoms with van der Waals surface area (Å²) >= 11 is 0. The van der Waals surface area contributed by atoms with Gasteiger partial charge in [0.15, 0.2) is 0 Å². The third kappa shape index (κ3) is 4.82. The molecular formula is C20H30N4O. The normalized spacial score (nSPS) is 21.3. The van der Waals surface area contributed by atoms with Crippen molar-refractivity contribution < 1.29 is 4.74 Å². The minimum Gasteiger partial charge on any atom is -0.489 e. The average molecular weight is 342 g/mol. The van der Waals surface area contributed by atoms with Crippen molar-refractivity contribution in [1.29, 1.82) is 0 Å². The van der Waals surface area contributed by atoms with Crippen LogP contribution in [0.3, 0.4) is 0 Å². The minimum absolute atomic E-state index is 0.0348. The lowest BCUT2D eigenvalue weighted by molar-refractivity contribution is 0.113. The molecule has 1 aliphatic carbocycles. The van der Waals surface area contributed by atoms with Crippen LogP contribution < -0.4 is 10.1 Å². The molecule has 1 aliphatic rings. The van der Waals surface area contributed by atoms with E-state index < -0.39 is 0 Å². The van der Waals surface area contributed by atoms with Crippen LogP contribution in [0.2, 0.25) is 0 Å². The third-order valence-corrected chi connectivity index (χ3v) is 4.75. The second kappa shape index (κ2) is 7.56. The van der Waals surface area contributed by atoms with E-state index in [1.165, 1.54) is 18.4 Å². The molecule has 0 radical (unpaired) electrons. The van der Waals surface area contributed by atoms with E-state index in [1.807, 2.05) is 16.9 Å². The summed E-state index contributed by atoms with van der Waals surface area (Å²) in [5.41, 5.74) is 2.18. The molecule has 2 atom stereocenters. The summed E-state index contributed by atoms with van der Waals surface area (Å²) in [6.45, 7) is 9.22. The number of nitrogens with zero attached hydrogens (tertiary/aromatic N) is 3. The zero-order valence-electron chi connectivity index (χ0n) is 15.8. The molecule has 1 aromatic carbocycles. The molecular weight excluding hydrogens is 312 g/mol. The van der Waals surface area contributed by atoms with Crippen molar-refractivity contribution in [3.05, 3.63) is 41.7 Å². The number of aryl methyl sites for hydroxylation is 1. The van der Waals surface area contributed by atoms with E-state index >= 15 is 0 Å². The fourth-order valence-electron chi connectivity index (χ4n) is 3.28. The van der Waals surface area contributed by atoms with Crippen molar-refractivity contribution in [1.82, 2.24) is 20.3 Å². The predicted octanol–water partition coefficient (Wildman–Crippen LogP) is 3.82. The molecule has 0 spiro atoms. The summed E-state index contributed by atoms with van der Waals surface area (Å²) in [7, 11) is 0. The summed E-state index contributed by atoms with van der Waals surface area (Å²) < 4.78 is 8.22. The standard InChI is InChI=1S/C20H30N4O/c1-15-8-7-9-17(12-15)25-19-11-6-5-10-18(19)21-13-16-14-24(23-22-16)20(2,3)4/h7-9,12,14,18-19,21H,5-6,10-11,13H2,1-4H3. The van der Waals surface area contributed by atoms with Gasteiger partial charge in [-0.1, -0.05) is 23.8 Å². The SMILES string of the molecule is Cc1cccc(OC2CCCCC2NCc2cn(C(C)(C)C)nn2)c1. The lowest BCUT2D eigenvalue weighted by atomic mass is 9.92. The molecule has 136 valence electrons. The fraction of sp³-hybridized carbons (Fsp3) is 0.600. The first kappa shape index (κ1) is 17.9. The maximum atomic E-state index is 6.29. The van der Waals surface area contributed by atoms with E-state index in [0.29, 0.717) is 6.04 Å². The Labute approximate surface area is 150 Å². The quantitative estimate of drug-likeness (QED) is 0.897. The van der Waals surface area contributed by atoms with E-state index in [4.69, 9.17) is 4.74 Å². The van der Waals surface area contributed by atoms with Crippen LogP contribution in [0.4, 0.5) is 0 Å². The summed E-state index contributed by atoms with van der Waals surface area (Å²) in [4.78, 5) is 0. The first-order valence-electron chi connectivity index (χ1n) is 9.30. The number of hydrogen-bond acceptors (Lipinski definition) is 4. The van der Waals surface area contributed by atoms with E-state index in [1.54, 1.807) is 0 Å². The van der Waals surface area contributed by atoms with Crippen LogP contribution in [-0.2, 0) is 12.1 Å². The number of ether oxygens (including phenoxy) is 1. The van der Waals surface area contributed by atoms with Gasteiger partial charge in [-0.05, 0) is 64.7 Å². The van der Waals surface area contributed by atoms with Gasteiger partial charge in [-0.25, -0.2) is 4.68 Å². The lowest BCUT2D eigenvalue weighted by Gasteiger charge is -2.32. The largest absolute Gasteiger partial charge is 0.489 e. The first-order chi connectivity index (χ1) is 11.9. The monoisotopic (exact) mass is 342 g/mol. The van der Waals surface area contributed by atoms with Crippen LogP contribution in [0, 0.1) is 6.92 Å². The molecule has 1 heterocycles. The number of nitrogens with one attached hydrogen (secondary N) is 1. The molecule has 5 heteroatoms. The topological polar surface area (TPSA) is 52.0 Å². The third-order valence-electron chi connectivity index (χ3n) is 4.75. The van der Waals surface area contributed by atoms with Crippen molar-refractivity contribution in [3.63, 3.8) is 0 Å². The second-order valence-electron chi connectivity index (χ2n) is 8.07. The Morgan fingerprint density at radius 2 is 2.04 bits per heavy atom. The van der Waals surface area contributed by atoms with E-state index in [0.717, 1.165) is 30.8 Å². The molecule has 0 bridgehead atoms. The summed E-state index contributed by atoms with van der Waals surface area (Å²) in [5, 5.41) is 12.2. The van der Waals surface area contributed by atoms with E-state index in [2.05, 4.69) is 61.5 Å². The van der Waals surface area contributed by atoms with Crippen molar-refractivity contribution in [2.45, 2.75) is 77.6 Å². The van der Waals surface area contributed by atoms with Crippen LogP contribution in [0.15, 0.2) is 30.5 Å². The summed E-state index contributed by atoms with van der Waals surface area (Å²) in [6.07, 6.45) is 6.97. The minimum atomic E-state index is -0.0348. The molecule has 2 aromatic rings. The van der Waals surface area contributed by atoms with Gasteiger partial charge in [-0.3, -0.25) is 0 Å². The Bertz CT molecular complexity index is 689. The van der Waals surface area contributed by atoms with Gasteiger partial charge in [0.25, 0.3) is 0 Å². The molecule has 0 saturated heterocycles. The zero-order chi connectivity index (χ0) is 17.9. The Balaban J connectivity index is 1.60. The van der Waals surface area contributed by atoms with Gasteiger partial charge in [-0.2, -0.15) is 0 Å². The molecule has 0 amide bonds. The number of hydrogen-bond donors (Lipinski definition) is 1. The van der Waals surface area contributed by atoms with Crippen LogP contribution in [0.1, 0.15) is 57.7 Å². The van der Waals surface area contributed by atoms with Crippen molar-refractivity contribution >= 4 is 0 Å². The Hall–Kier alpha value is -1.88. The van der Waals surface area contributed by atoms with Crippen molar-refractivity contribution in [3.8, 4) is 5.75 Å². The van der Waals surface area contributed by atoms with Gasteiger partial charge < -0.3 is 10.1 Å². The smallest absolute Gasteiger partial charge is 0.120 e. The number of rotatable bonds is 5. The molecule has 25 heavy (non-hydrogen) atoms. The molecule has 2 unspecified atom stereocenters. The van der Waals surface area contributed by atoms with Crippen molar-refractivity contribution in [2.24, 2.45) is 0 Å². The highest BCUT2D eigenvalue weighted by molar-refractivity contribution is 5.27. The predicted molar refractivity (Wildman–Crippen MR) is 99.7 cm³/mol. The lowest BCUT2D eigenvalue weighted by Crippen LogP contribution is -2.44. The molecule has 1 aromatic heterocycles. The maximum absolute atomic E-state index is 6.29. The van der Waals surface area contributed by atoms with Gasteiger partial charge in [0.05, 0.1) is 17.4 Å². The Morgan fingerprint density at radius 1 is 1.24 bits per heavy atom. The van der Waals surface area contributed by atoms with Crippen molar-refractivity contribution in [2.75, 3.05) is 0 Å². The Morgan fingerprint density at radius 3 is 2.76 bits per heavy atom. The molecule has 3 rings (SSSR count). The average Bonchev–Trinajstić information content (AvgIpc) is 3.03. The van der Waals surface area contributed by atoms with Gasteiger partial charge in [0, 0.05) is 12.6 Å². The summed E-state index contributed by atoms with van der Waals surface area (Å²) in [6, 6.07) is 8.67. The molecule has 5 nitrogen and oxygen atoms in total. The second-order valence-corrected chi connectivity index (χ2v) is 8.07. The first-order valence-corrected chi connectivity index (χ1v) is 9.30. The van der Waals surface area contributed by atoms with Gasteiger partial charge in [0.1, 0.15) is 11.9 Å². The number of benzene rings is 1. The zero-order valence-corrected chi connectivity index (χ0v) is 15.8. The fourth-order valence-corrected chi connectivity index (χ4v) is 3.28. The van der Waals surface area contributed by atoms with Crippen LogP contribution >= 0.6 is 0 Å². The Kier molecular flexibility index (Phi) is 5.42. The molecule has 1 N–H and O–H groups in total. The molecule has 1 fully saturated rings. The van der Waals surface area contributed by atoms with Crippen LogP contribution in [0.25, 0.3) is 0 Å². The maximum Gasteiger partial charge on any atom is 0.120 e. The van der Waals surface area contributed by atoms with Crippen LogP contribution in [0.5, 0.6) is 5.75 Å². The molecule has 0 aliphatic heterocycles. The highest BCUT2D eigenvalue weighted by atomic mass is 16.5. The van der Waals surface area contributed by atoms with E-state index in [9.17, 15) is 0 Å². The highest BCUT2D eigenvalue weighted by Gasteiger charge is 2.27. The van der Waals surface area contributed by atoms with E-state index in [-0.39, 0.29) is 11.6 Å². The van der Waals surface area contributed by atoms with Crippen LogP contribution in [-0.4, -0.2) is 27.1 Å². The molecule has 1 saturated carbocycles. The highest BCUT2D eigenvalue weighted by Crippen LogP contribution is 2.25.